The van der Waals surface area contributed by atoms with Crippen molar-refractivity contribution in [3.05, 3.63) is 0 Å². The molecule has 3 heteroatoms. The van der Waals surface area contributed by atoms with Crippen molar-refractivity contribution in [3.63, 3.8) is 0 Å². The molecule has 4 unspecified atom stereocenters. The SMILES string of the molecule is CC(C)C1CCCC(CCCNC2CCCC2O)N1. The lowest BCUT2D eigenvalue weighted by Gasteiger charge is -2.33. The molecule has 1 saturated heterocycles. The molecule has 1 saturated carbocycles. The van der Waals surface area contributed by atoms with E-state index in [-0.39, 0.29) is 6.10 Å². The van der Waals surface area contributed by atoms with Crippen molar-refractivity contribution in [1.29, 1.82) is 0 Å². The van der Waals surface area contributed by atoms with E-state index < -0.39 is 0 Å². The van der Waals surface area contributed by atoms with Gasteiger partial charge in [0.15, 0.2) is 0 Å². The molecule has 1 aliphatic heterocycles. The van der Waals surface area contributed by atoms with Crippen molar-refractivity contribution in [2.45, 2.75) is 89.4 Å². The van der Waals surface area contributed by atoms with E-state index in [1.807, 2.05) is 0 Å². The van der Waals surface area contributed by atoms with Crippen molar-refractivity contribution < 1.29 is 5.11 Å². The van der Waals surface area contributed by atoms with Gasteiger partial charge in [-0.15, -0.1) is 0 Å². The monoisotopic (exact) mass is 268 g/mol. The zero-order valence-electron chi connectivity index (χ0n) is 12.7. The summed E-state index contributed by atoms with van der Waals surface area (Å²) in [7, 11) is 0. The Balaban J connectivity index is 1.57. The van der Waals surface area contributed by atoms with Gasteiger partial charge in [-0.05, 0) is 57.4 Å². The second-order valence-electron chi connectivity index (χ2n) is 6.85. The topological polar surface area (TPSA) is 44.3 Å². The summed E-state index contributed by atoms with van der Waals surface area (Å²) < 4.78 is 0. The molecule has 0 aromatic carbocycles. The first-order chi connectivity index (χ1) is 9.16. The van der Waals surface area contributed by atoms with Gasteiger partial charge in [-0.2, -0.15) is 0 Å². The van der Waals surface area contributed by atoms with E-state index in [1.54, 1.807) is 0 Å². The van der Waals surface area contributed by atoms with E-state index in [0.717, 1.165) is 37.4 Å². The van der Waals surface area contributed by atoms with Gasteiger partial charge >= 0.3 is 0 Å². The summed E-state index contributed by atoms with van der Waals surface area (Å²) in [6.45, 7) is 5.71. The number of rotatable bonds is 6. The second kappa shape index (κ2) is 7.61. The summed E-state index contributed by atoms with van der Waals surface area (Å²) in [5, 5.41) is 17.1. The summed E-state index contributed by atoms with van der Waals surface area (Å²) in [6.07, 6.45) is 9.80. The zero-order chi connectivity index (χ0) is 13.7. The number of hydrogen-bond acceptors (Lipinski definition) is 3. The number of nitrogens with one attached hydrogen (secondary N) is 2. The minimum Gasteiger partial charge on any atom is -0.392 e. The van der Waals surface area contributed by atoms with Gasteiger partial charge in [0, 0.05) is 18.1 Å². The Hall–Kier alpha value is -0.120. The van der Waals surface area contributed by atoms with Gasteiger partial charge in [0.05, 0.1) is 6.10 Å². The van der Waals surface area contributed by atoms with Crippen molar-refractivity contribution in [2.24, 2.45) is 5.92 Å². The standard InChI is InChI=1S/C16H32N2O/c1-12(2)14-8-3-6-13(18-14)7-5-11-17-15-9-4-10-16(15)19/h12-19H,3-11H2,1-2H3. The van der Waals surface area contributed by atoms with Crippen LogP contribution in [0.5, 0.6) is 0 Å². The van der Waals surface area contributed by atoms with E-state index in [0.29, 0.717) is 6.04 Å². The number of hydrogen-bond donors (Lipinski definition) is 3. The third-order valence-corrected chi connectivity index (χ3v) is 4.94. The molecule has 4 atom stereocenters. The molecule has 112 valence electrons. The third-order valence-electron chi connectivity index (χ3n) is 4.94. The average Bonchev–Trinajstić information content (AvgIpc) is 2.81. The fourth-order valence-corrected chi connectivity index (χ4v) is 3.62. The number of aliphatic hydroxyl groups is 1. The van der Waals surface area contributed by atoms with Gasteiger partial charge in [0.1, 0.15) is 0 Å². The summed E-state index contributed by atoms with van der Waals surface area (Å²) in [5.74, 6) is 0.759. The lowest BCUT2D eigenvalue weighted by molar-refractivity contribution is 0.148. The van der Waals surface area contributed by atoms with Crippen LogP contribution >= 0.6 is 0 Å². The molecule has 0 aromatic rings. The maximum atomic E-state index is 9.76. The Morgan fingerprint density at radius 2 is 1.95 bits per heavy atom. The van der Waals surface area contributed by atoms with E-state index in [1.165, 1.54) is 38.5 Å². The highest BCUT2D eigenvalue weighted by molar-refractivity contribution is 4.84. The maximum Gasteiger partial charge on any atom is 0.0693 e. The van der Waals surface area contributed by atoms with Gasteiger partial charge in [-0.25, -0.2) is 0 Å². The lowest BCUT2D eigenvalue weighted by Crippen LogP contribution is -2.45. The van der Waals surface area contributed by atoms with Crippen LogP contribution in [-0.2, 0) is 0 Å². The first-order valence-corrected chi connectivity index (χ1v) is 8.34. The molecule has 0 aromatic heterocycles. The minimum atomic E-state index is -0.0990. The van der Waals surface area contributed by atoms with Crippen LogP contribution < -0.4 is 10.6 Å². The van der Waals surface area contributed by atoms with E-state index in [9.17, 15) is 5.11 Å². The molecule has 0 amide bonds. The quantitative estimate of drug-likeness (QED) is 0.648. The summed E-state index contributed by atoms with van der Waals surface area (Å²) in [6, 6.07) is 1.81. The summed E-state index contributed by atoms with van der Waals surface area (Å²) in [5.41, 5.74) is 0. The Morgan fingerprint density at radius 3 is 2.63 bits per heavy atom. The minimum absolute atomic E-state index is 0.0990. The molecule has 0 bridgehead atoms. The van der Waals surface area contributed by atoms with Gasteiger partial charge in [-0.3, -0.25) is 0 Å². The fraction of sp³-hybridized carbons (Fsp3) is 1.00. The number of aliphatic hydroxyl groups excluding tert-OH is 1. The zero-order valence-corrected chi connectivity index (χ0v) is 12.7. The fourth-order valence-electron chi connectivity index (χ4n) is 3.62. The van der Waals surface area contributed by atoms with Crippen LogP contribution in [-0.4, -0.2) is 35.9 Å². The van der Waals surface area contributed by atoms with Crippen molar-refractivity contribution in [2.75, 3.05) is 6.54 Å². The molecule has 0 spiro atoms. The molecule has 2 rings (SSSR count). The second-order valence-corrected chi connectivity index (χ2v) is 6.85. The average molecular weight is 268 g/mol. The predicted molar refractivity (Wildman–Crippen MR) is 80.3 cm³/mol. The molecule has 2 aliphatic rings. The predicted octanol–water partition coefficient (Wildman–Crippen LogP) is 2.44. The van der Waals surface area contributed by atoms with Gasteiger partial charge in [0.2, 0.25) is 0 Å². The molecule has 0 radical (unpaired) electrons. The van der Waals surface area contributed by atoms with Gasteiger partial charge < -0.3 is 15.7 Å². The molecule has 3 nitrogen and oxygen atoms in total. The highest BCUT2D eigenvalue weighted by Gasteiger charge is 2.25. The summed E-state index contributed by atoms with van der Waals surface area (Å²) >= 11 is 0. The largest absolute Gasteiger partial charge is 0.392 e. The van der Waals surface area contributed by atoms with Crippen molar-refractivity contribution >= 4 is 0 Å². The van der Waals surface area contributed by atoms with Crippen LogP contribution in [0, 0.1) is 5.92 Å². The van der Waals surface area contributed by atoms with Crippen LogP contribution in [0.15, 0.2) is 0 Å². The molecule has 3 N–H and O–H groups in total. The van der Waals surface area contributed by atoms with Crippen LogP contribution in [0.3, 0.4) is 0 Å². The summed E-state index contributed by atoms with van der Waals surface area (Å²) in [4.78, 5) is 0. The highest BCUT2D eigenvalue weighted by atomic mass is 16.3. The third kappa shape index (κ3) is 4.73. The van der Waals surface area contributed by atoms with Gasteiger partial charge in [-0.1, -0.05) is 20.3 Å². The molecular weight excluding hydrogens is 236 g/mol. The Labute approximate surface area is 118 Å². The van der Waals surface area contributed by atoms with Gasteiger partial charge in [0.25, 0.3) is 0 Å². The smallest absolute Gasteiger partial charge is 0.0693 e. The Kier molecular flexibility index (Phi) is 6.11. The first-order valence-electron chi connectivity index (χ1n) is 8.34. The normalized spacial score (nSPS) is 36.0. The van der Waals surface area contributed by atoms with Crippen molar-refractivity contribution in [1.82, 2.24) is 10.6 Å². The highest BCUT2D eigenvalue weighted by Crippen LogP contribution is 2.21. The van der Waals surface area contributed by atoms with Crippen LogP contribution in [0.4, 0.5) is 0 Å². The Bertz CT molecular complexity index is 257. The molecule has 1 aliphatic carbocycles. The molecule has 1 heterocycles. The maximum absolute atomic E-state index is 9.76. The van der Waals surface area contributed by atoms with Crippen LogP contribution in [0.2, 0.25) is 0 Å². The van der Waals surface area contributed by atoms with E-state index in [4.69, 9.17) is 0 Å². The first kappa shape index (κ1) is 15.3. The molecule has 2 fully saturated rings. The molecular formula is C16H32N2O. The van der Waals surface area contributed by atoms with Crippen LogP contribution in [0.25, 0.3) is 0 Å². The molecule has 19 heavy (non-hydrogen) atoms. The van der Waals surface area contributed by atoms with E-state index >= 15 is 0 Å². The number of piperidine rings is 1. The Morgan fingerprint density at radius 1 is 1.16 bits per heavy atom. The lowest BCUT2D eigenvalue weighted by atomic mass is 9.90. The van der Waals surface area contributed by atoms with E-state index in [2.05, 4.69) is 24.5 Å². The van der Waals surface area contributed by atoms with Crippen LogP contribution in [0.1, 0.15) is 65.2 Å². The van der Waals surface area contributed by atoms with Crippen molar-refractivity contribution in [3.8, 4) is 0 Å².